The smallest absolute Gasteiger partial charge is 0.222 e. The van der Waals surface area contributed by atoms with Crippen molar-refractivity contribution in [3.05, 3.63) is 10.7 Å². The SMILES string of the molecule is CCCC1CCCN(c2nc(N)ncc2Br)CC1. The van der Waals surface area contributed by atoms with Gasteiger partial charge in [0.15, 0.2) is 0 Å². The van der Waals surface area contributed by atoms with E-state index < -0.39 is 0 Å². The van der Waals surface area contributed by atoms with Gasteiger partial charge in [0.1, 0.15) is 5.82 Å². The zero-order valence-electron chi connectivity index (χ0n) is 10.9. The summed E-state index contributed by atoms with van der Waals surface area (Å²) in [5.41, 5.74) is 5.68. The van der Waals surface area contributed by atoms with Crippen LogP contribution in [0.15, 0.2) is 10.7 Å². The second kappa shape index (κ2) is 6.36. The Balaban J connectivity index is 2.07. The molecule has 0 aliphatic carbocycles. The average Bonchev–Trinajstić information content (AvgIpc) is 2.58. The van der Waals surface area contributed by atoms with Crippen LogP contribution in [-0.4, -0.2) is 23.1 Å². The molecule has 0 bridgehead atoms. The van der Waals surface area contributed by atoms with Crippen molar-refractivity contribution in [1.82, 2.24) is 9.97 Å². The molecule has 18 heavy (non-hydrogen) atoms. The largest absolute Gasteiger partial charge is 0.368 e. The Bertz CT molecular complexity index is 397. The zero-order valence-corrected chi connectivity index (χ0v) is 12.5. The summed E-state index contributed by atoms with van der Waals surface area (Å²) in [4.78, 5) is 10.7. The Hall–Kier alpha value is -0.840. The van der Waals surface area contributed by atoms with Crippen molar-refractivity contribution in [2.24, 2.45) is 5.92 Å². The molecule has 2 N–H and O–H groups in total. The predicted molar refractivity (Wildman–Crippen MR) is 78.6 cm³/mol. The average molecular weight is 313 g/mol. The lowest BCUT2D eigenvalue weighted by Crippen LogP contribution is -2.26. The highest BCUT2D eigenvalue weighted by Gasteiger charge is 2.19. The fourth-order valence-corrected chi connectivity index (χ4v) is 3.11. The summed E-state index contributed by atoms with van der Waals surface area (Å²) < 4.78 is 0.936. The van der Waals surface area contributed by atoms with Gasteiger partial charge >= 0.3 is 0 Å². The number of aromatic nitrogens is 2. The zero-order chi connectivity index (χ0) is 13.0. The van der Waals surface area contributed by atoms with Crippen molar-refractivity contribution in [3.8, 4) is 0 Å². The molecule has 1 aromatic heterocycles. The van der Waals surface area contributed by atoms with E-state index in [4.69, 9.17) is 5.73 Å². The van der Waals surface area contributed by atoms with Gasteiger partial charge in [-0.05, 0) is 41.1 Å². The van der Waals surface area contributed by atoms with Gasteiger partial charge in [-0.2, -0.15) is 4.98 Å². The summed E-state index contributed by atoms with van der Waals surface area (Å²) in [5, 5.41) is 0. The van der Waals surface area contributed by atoms with Gasteiger partial charge in [-0.15, -0.1) is 0 Å². The summed E-state index contributed by atoms with van der Waals surface area (Å²) in [7, 11) is 0. The van der Waals surface area contributed by atoms with Gasteiger partial charge in [-0.25, -0.2) is 4.98 Å². The van der Waals surface area contributed by atoms with E-state index in [9.17, 15) is 0 Å². The molecule has 0 radical (unpaired) electrons. The van der Waals surface area contributed by atoms with E-state index in [1.165, 1.54) is 32.1 Å². The van der Waals surface area contributed by atoms with E-state index in [0.717, 1.165) is 29.3 Å². The third kappa shape index (κ3) is 3.34. The third-order valence-corrected chi connectivity index (χ3v) is 4.15. The molecule has 0 amide bonds. The fourth-order valence-electron chi connectivity index (χ4n) is 2.67. The molecule has 2 rings (SSSR count). The van der Waals surface area contributed by atoms with Crippen LogP contribution in [0.5, 0.6) is 0 Å². The standard InChI is InChI=1S/C13H21BrN4/c1-2-4-10-5-3-7-18(8-6-10)12-11(14)9-16-13(15)17-12/h9-10H,2-8H2,1H3,(H2,15,16,17). The molecule has 100 valence electrons. The van der Waals surface area contributed by atoms with E-state index in [1.807, 2.05) is 0 Å². The van der Waals surface area contributed by atoms with E-state index in [2.05, 4.69) is 37.7 Å². The van der Waals surface area contributed by atoms with Crippen LogP contribution in [-0.2, 0) is 0 Å². The highest BCUT2D eigenvalue weighted by atomic mass is 79.9. The molecule has 1 aromatic rings. The van der Waals surface area contributed by atoms with Crippen LogP contribution in [0.3, 0.4) is 0 Å². The minimum atomic E-state index is 0.350. The van der Waals surface area contributed by atoms with Gasteiger partial charge in [-0.1, -0.05) is 19.8 Å². The van der Waals surface area contributed by atoms with Gasteiger partial charge in [0.25, 0.3) is 0 Å². The Morgan fingerprint density at radius 2 is 2.28 bits per heavy atom. The Kier molecular flexibility index (Phi) is 4.80. The maximum Gasteiger partial charge on any atom is 0.222 e. The Morgan fingerprint density at radius 3 is 3.06 bits per heavy atom. The van der Waals surface area contributed by atoms with Crippen molar-refractivity contribution in [2.45, 2.75) is 39.0 Å². The second-order valence-electron chi connectivity index (χ2n) is 4.97. The lowest BCUT2D eigenvalue weighted by molar-refractivity contribution is 0.435. The lowest BCUT2D eigenvalue weighted by Gasteiger charge is -2.22. The second-order valence-corrected chi connectivity index (χ2v) is 5.83. The first-order valence-corrected chi connectivity index (χ1v) is 7.53. The minimum absolute atomic E-state index is 0.350. The molecular formula is C13H21BrN4. The molecule has 4 nitrogen and oxygen atoms in total. The summed E-state index contributed by atoms with van der Waals surface area (Å²) in [6, 6.07) is 0. The number of rotatable bonds is 3. The van der Waals surface area contributed by atoms with Gasteiger partial charge < -0.3 is 10.6 Å². The van der Waals surface area contributed by atoms with Gasteiger partial charge in [-0.3, -0.25) is 0 Å². The number of nitrogens with zero attached hydrogens (tertiary/aromatic N) is 3. The number of hydrogen-bond donors (Lipinski definition) is 1. The Labute approximate surface area is 117 Å². The van der Waals surface area contributed by atoms with E-state index in [0.29, 0.717) is 5.95 Å². The summed E-state index contributed by atoms with van der Waals surface area (Å²) >= 11 is 3.52. The van der Waals surface area contributed by atoms with Crippen molar-refractivity contribution < 1.29 is 0 Å². The highest BCUT2D eigenvalue weighted by Crippen LogP contribution is 2.28. The van der Waals surface area contributed by atoms with Crippen molar-refractivity contribution in [3.63, 3.8) is 0 Å². The maximum absolute atomic E-state index is 5.68. The fraction of sp³-hybridized carbons (Fsp3) is 0.692. The topological polar surface area (TPSA) is 55.0 Å². The van der Waals surface area contributed by atoms with Crippen LogP contribution in [0.4, 0.5) is 11.8 Å². The maximum atomic E-state index is 5.68. The van der Waals surface area contributed by atoms with Crippen LogP contribution in [0, 0.1) is 5.92 Å². The van der Waals surface area contributed by atoms with Crippen molar-refractivity contribution in [1.29, 1.82) is 0 Å². The van der Waals surface area contributed by atoms with E-state index >= 15 is 0 Å². The number of anilines is 2. The molecule has 1 aliphatic heterocycles. The molecule has 0 aromatic carbocycles. The molecule has 0 spiro atoms. The first-order valence-electron chi connectivity index (χ1n) is 6.73. The third-order valence-electron chi connectivity index (χ3n) is 3.59. The molecule has 1 atom stereocenters. The molecule has 0 saturated carbocycles. The Morgan fingerprint density at radius 1 is 1.44 bits per heavy atom. The first-order chi connectivity index (χ1) is 8.70. The van der Waals surface area contributed by atoms with Gasteiger partial charge in [0.05, 0.1) is 4.47 Å². The van der Waals surface area contributed by atoms with Crippen LogP contribution in [0.1, 0.15) is 39.0 Å². The molecule has 5 heteroatoms. The lowest BCUT2D eigenvalue weighted by atomic mass is 9.96. The number of nitrogen functional groups attached to an aromatic ring is 1. The summed E-state index contributed by atoms with van der Waals surface area (Å²) in [5.74, 6) is 2.17. The summed E-state index contributed by atoms with van der Waals surface area (Å²) in [6.07, 6.45) is 8.20. The molecule has 1 fully saturated rings. The minimum Gasteiger partial charge on any atom is -0.368 e. The van der Waals surface area contributed by atoms with Crippen LogP contribution in [0.25, 0.3) is 0 Å². The summed E-state index contributed by atoms with van der Waals surface area (Å²) in [6.45, 7) is 4.40. The molecule has 2 heterocycles. The van der Waals surface area contributed by atoms with Gasteiger partial charge in [0.2, 0.25) is 5.95 Å². The van der Waals surface area contributed by atoms with Crippen LogP contribution in [0.2, 0.25) is 0 Å². The van der Waals surface area contributed by atoms with Crippen molar-refractivity contribution in [2.75, 3.05) is 23.7 Å². The quantitative estimate of drug-likeness (QED) is 0.931. The number of halogens is 1. The molecule has 1 aliphatic rings. The van der Waals surface area contributed by atoms with Crippen LogP contribution < -0.4 is 10.6 Å². The van der Waals surface area contributed by atoms with Crippen LogP contribution >= 0.6 is 15.9 Å². The molecule has 1 unspecified atom stereocenters. The molecular weight excluding hydrogens is 292 g/mol. The van der Waals surface area contributed by atoms with Crippen molar-refractivity contribution >= 4 is 27.7 Å². The highest BCUT2D eigenvalue weighted by molar-refractivity contribution is 9.10. The van der Waals surface area contributed by atoms with E-state index in [1.54, 1.807) is 6.20 Å². The first kappa shape index (κ1) is 13.6. The van der Waals surface area contributed by atoms with Gasteiger partial charge in [0, 0.05) is 19.3 Å². The molecule has 1 saturated heterocycles. The van der Waals surface area contributed by atoms with E-state index in [-0.39, 0.29) is 0 Å². The monoisotopic (exact) mass is 312 g/mol. The normalized spacial score (nSPS) is 20.8. The predicted octanol–water partition coefficient (Wildman–Crippen LogP) is 3.23. The number of hydrogen-bond acceptors (Lipinski definition) is 4. The number of nitrogens with two attached hydrogens (primary N) is 1.